The maximum atomic E-state index is 13.8. The Balaban J connectivity index is 1.28. The summed E-state index contributed by atoms with van der Waals surface area (Å²) in [5.74, 6) is -1.84. The van der Waals surface area contributed by atoms with Crippen molar-refractivity contribution in [3.63, 3.8) is 0 Å². The average molecular weight is 468 g/mol. The number of aromatic nitrogens is 2. The first kappa shape index (κ1) is 21.2. The molecule has 1 saturated heterocycles. The Morgan fingerprint density at radius 2 is 1.94 bits per heavy atom. The number of hydrogen-bond donors (Lipinski definition) is 1. The van der Waals surface area contributed by atoms with Crippen LogP contribution in [-0.2, 0) is 10.2 Å². The van der Waals surface area contributed by atoms with Crippen LogP contribution in [0.1, 0.15) is 40.7 Å². The van der Waals surface area contributed by atoms with Crippen molar-refractivity contribution in [3.8, 4) is 0 Å². The number of nitrogens with zero attached hydrogens (tertiary/aromatic N) is 3. The van der Waals surface area contributed by atoms with Gasteiger partial charge in [-0.3, -0.25) is 14.7 Å². The first-order valence-corrected chi connectivity index (χ1v) is 11.4. The maximum absolute atomic E-state index is 13.8. The Bertz CT molecular complexity index is 1320. The fraction of sp³-hybridized carbons (Fsp3) is 0.400. The van der Waals surface area contributed by atoms with Gasteiger partial charge in [-0.05, 0) is 61.6 Å². The van der Waals surface area contributed by atoms with Crippen molar-refractivity contribution in [1.29, 1.82) is 0 Å². The molecule has 6 rings (SSSR count). The number of aryl methyl sites for hydroxylation is 1. The van der Waals surface area contributed by atoms with Crippen LogP contribution < -0.4 is 4.90 Å². The molecule has 2 aliphatic heterocycles. The highest BCUT2D eigenvalue weighted by atomic mass is 19.4. The van der Waals surface area contributed by atoms with Crippen molar-refractivity contribution in [2.75, 3.05) is 18.0 Å². The molecule has 1 saturated carbocycles. The SMILES string of the molecule is Cc1cccc2c1C1(CCN(C(=O)c3ccc4[nH]ncc4c3)CC1)C(=O)N2C1CC1C(F)(F)F. The number of carbonyl (C=O) groups is 2. The van der Waals surface area contributed by atoms with Gasteiger partial charge in [0, 0.05) is 35.8 Å². The van der Waals surface area contributed by atoms with E-state index in [9.17, 15) is 22.8 Å². The highest BCUT2D eigenvalue weighted by Gasteiger charge is 2.64. The molecule has 6 nitrogen and oxygen atoms in total. The van der Waals surface area contributed by atoms with Crippen molar-refractivity contribution >= 4 is 28.4 Å². The zero-order chi connectivity index (χ0) is 23.8. The fourth-order valence-corrected chi connectivity index (χ4v) is 5.88. The van der Waals surface area contributed by atoms with Crippen LogP contribution in [0.15, 0.2) is 42.6 Å². The monoisotopic (exact) mass is 468 g/mol. The summed E-state index contributed by atoms with van der Waals surface area (Å²) < 4.78 is 40.1. The summed E-state index contributed by atoms with van der Waals surface area (Å²) in [5, 5.41) is 7.69. The Morgan fingerprint density at radius 1 is 1.18 bits per heavy atom. The fourth-order valence-electron chi connectivity index (χ4n) is 5.88. The number of anilines is 1. The van der Waals surface area contributed by atoms with E-state index in [-0.39, 0.29) is 18.2 Å². The lowest BCUT2D eigenvalue weighted by atomic mass is 9.72. The summed E-state index contributed by atoms with van der Waals surface area (Å²) in [4.78, 5) is 30.1. The third-order valence-corrected chi connectivity index (χ3v) is 7.72. The van der Waals surface area contributed by atoms with Gasteiger partial charge in [-0.1, -0.05) is 12.1 Å². The molecule has 176 valence electrons. The van der Waals surface area contributed by atoms with Crippen LogP contribution in [0.4, 0.5) is 18.9 Å². The molecule has 3 aromatic rings. The van der Waals surface area contributed by atoms with Gasteiger partial charge in [0.1, 0.15) is 0 Å². The number of hydrogen-bond acceptors (Lipinski definition) is 3. The standard InChI is InChI=1S/C25H23F3N4O2/c1-14-3-2-4-19-21(14)24(23(34)32(19)20-12-17(20)25(26,27)28)7-9-31(10-8-24)22(33)15-5-6-18-16(11-15)13-29-30-18/h2-6,11,13,17,20H,7-10,12H2,1H3,(H,29,30). The first-order chi connectivity index (χ1) is 16.2. The third kappa shape index (κ3) is 2.98. The van der Waals surface area contributed by atoms with Crippen molar-refractivity contribution in [2.24, 2.45) is 5.92 Å². The van der Waals surface area contributed by atoms with Crippen LogP contribution in [0.3, 0.4) is 0 Å². The van der Waals surface area contributed by atoms with Crippen molar-refractivity contribution in [3.05, 3.63) is 59.3 Å². The highest BCUT2D eigenvalue weighted by Crippen LogP contribution is 2.56. The molecule has 2 fully saturated rings. The number of H-pyrrole nitrogens is 1. The van der Waals surface area contributed by atoms with Crippen molar-refractivity contribution in [2.45, 2.75) is 43.8 Å². The van der Waals surface area contributed by atoms with Crippen LogP contribution >= 0.6 is 0 Å². The zero-order valence-corrected chi connectivity index (χ0v) is 18.5. The minimum absolute atomic E-state index is 0.0558. The molecule has 2 amide bonds. The second-order valence-corrected chi connectivity index (χ2v) is 9.64. The molecule has 34 heavy (non-hydrogen) atoms. The molecule has 2 unspecified atom stereocenters. The lowest BCUT2D eigenvalue weighted by molar-refractivity contribution is -0.148. The van der Waals surface area contributed by atoms with Crippen LogP contribution in [0.2, 0.25) is 0 Å². The van der Waals surface area contributed by atoms with Crippen LogP contribution in [0.5, 0.6) is 0 Å². The molecule has 1 N–H and O–H groups in total. The van der Waals surface area contributed by atoms with Gasteiger partial charge in [-0.15, -0.1) is 0 Å². The number of halogens is 3. The van der Waals surface area contributed by atoms with Gasteiger partial charge in [-0.25, -0.2) is 0 Å². The number of piperidine rings is 1. The van der Waals surface area contributed by atoms with E-state index in [1.165, 1.54) is 4.90 Å². The van der Waals surface area contributed by atoms with E-state index in [1.807, 2.05) is 19.1 Å². The van der Waals surface area contributed by atoms with E-state index in [0.717, 1.165) is 22.0 Å². The Labute approximate surface area is 193 Å². The maximum Gasteiger partial charge on any atom is 0.393 e. The smallest absolute Gasteiger partial charge is 0.339 e. The van der Waals surface area contributed by atoms with Gasteiger partial charge in [0.05, 0.1) is 23.0 Å². The predicted molar refractivity (Wildman–Crippen MR) is 120 cm³/mol. The number of fused-ring (bicyclic) bond motifs is 3. The van der Waals surface area contributed by atoms with Crippen molar-refractivity contribution in [1.82, 2.24) is 15.1 Å². The van der Waals surface area contributed by atoms with E-state index in [2.05, 4.69) is 10.2 Å². The van der Waals surface area contributed by atoms with Gasteiger partial charge < -0.3 is 9.80 Å². The molecule has 1 aliphatic carbocycles. The normalized spacial score (nSPS) is 23.6. The summed E-state index contributed by atoms with van der Waals surface area (Å²) in [5.41, 5.74) is 2.85. The molecule has 3 aliphatic rings. The number of amides is 2. The quantitative estimate of drug-likeness (QED) is 0.608. The number of likely N-dealkylation sites (tertiary alicyclic amines) is 1. The number of alkyl halides is 3. The number of benzene rings is 2. The molecule has 1 aromatic heterocycles. The Hall–Kier alpha value is -3.36. The molecule has 9 heteroatoms. The van der Waals surface area contributed by atoms with Crippen LogP contribution in [0.25, 0.3) is 10.9 Å². The zero-order valence-electron chi connectivity index (χ0n) is 18.5. The number of nitrogens with one attached hydrogen (secondary N) is 1. The largest absolute Gasteiger partial charge is 0.393 e. The van der Waals surface area contributed by atoms with E-state index >= 15 is 0 Å². The summed E-state index contributed by atoms with van der Waals surface area (Å²) in [6.45, 7) is 2.63. The van der Waals surface area contributed by atoms with Gasteiger partial charge in [0.2, 0.25) is 5.91 Å². The molecule has 0 bridgehead atoms. The van der Waals surface area contributed by atoms with Crippen LogP contribution in [0, 0.1) is 12.8 Å². The summed E-state index contributed by atoms with van der Waals surface area (Å²) in [6, 6.07) is 9.97. The van der Waals surface area contributed by atoms with E-state index in [1.54, 1.807) is 35.4 Å². The molecular formula is C25H23F3N4O2. The van der Waals surface area contributed by atoms with E-state index in [0.29, 0.717) is 37.2 Å². The number of rotatable bonds is 2. The van der Waals surface area contributed by atoms with Gasteiger partial charge in [0.25, 0.3) is 5.91 Å². The molecule has 3 heterocycles. The second-order valence-electron chi connectivity index (χ2n) is 9.64. The minimum atomic E-state index is -4.31. The lowest BCUT2D eigenvalue weighted by Gasteiger charge is -2.39. The number of aromatic amines is 1. The Morgan fingerprint density at radius 3 is 2.65 bits per heavy atom. The summed E-state index contributed by atoms with van der Waals surface area (Å²) in [7, 11) is 0. The molecule has 2 aromatic carbocycles. The lowest BCUT2D eigenvalue weighted by Crippen LogP contribution is -2.51. The summed E-state index contributed by atoms with van der Waals surface area (Å²) >= 11 is 0. The van der Waals surface area contributed by atoms with Crippen molar-refractivity contribution < 1.29 is 22.8 Å². The Kier molecular flexibility index (Phi) is 4.41. The van der Waals surface area contributed by atoms with Gasteiger partial charge in [-0.2, -0.15) is 18.3 Å². The van der Waals surface area contributed by atoms with E-state index in [4.69, 9.17) is 0 Å². The van der Waals surface area contributed by atoms with Gasteiger partial charge >= 0.3 is 6.18 Å². The molecular weight excluding hydrogens is 445 g/mol. The van der Waals surface area contributed by atoms with Crippen LogP contribution in [-0.4, -0.2) is 52.2 Å². The minimum Gasteiger partial charge on any atom is -0.339 e. The summed E-state index contributed by atoms with van der Waals surface area (Å²) in [6.07, 6.45) is -1.92. The molecule has 2 atom stereocenters. The second kappa shape index (κ2) is 7.07. The number of carbonyl (C=O) groups excluding carboxylic acids is 2. The average Bonchev–Trinajstić information content (AvgIpc) is 3.40. The van der Waals surface area contributed by atoms with E-state index < -0.39 is 23.6 Å². The molecule has 0 radical (unpaired) electrons. The first-order valence-electron chi connectivity index (χ1n) is 11.4. The third-order valence-electron chi connectivity index (χ3n) is 7.72. The van der Waals surface area contributed by atoms with Gasteiger partial charge in [0.15, 0.2) is 0 Å². The predicted octanol–water partition coefficient (Wildman–Crippen LogP) is 4.34. The topological polar surface area (TPSA) is 69.3 Å². The highest BCUT2D eigenvalue weighted by molar-refractivity contribution is 6.10. The molecule has 1 spiro atoms.